The number of rotatable bonds is 2. The summed E-state index contributed by atoms with van der Waals surface area (Å²) in [6.07, 6.45) is 0.850. The van der Waals surface area contributed by atoms with Crippen molar-refractivity contribution in [2.45, 2.75) is 6.92 Å². The van der Waals surface area contributed by atoms with E-state index in [0.29, 0.717) is 18.8 Å². The fraction of sp³-hybridized carbons (Fsp3) is 0.357. The quantitative estimate of drug-likeness (QED) is 0.765. The van der Waals surface area contributed by atoms with Crippen molar-refractivity contribution in [3.63, 3.8) is 0 Å². The zero-order valence-electron chi connectivity index (χ0n) is 10.8. The molecule has 2 heterocycles. The first-order valence-corrected chi connectivity index (χ1v) is 6.34. The summed E-state index contributed by atoms with van der Waals surface area (Å²) < 4.78 is 5.37. The normalized spacial score (nSPS) is 15.7. The topological polar surface area (TPSA) is 55.3 Å². The molecule has 0 N–H and O–H groups in total. The van der Waals surface area contributed by atoms with Crippen LogP contribution in [0.4, 0.5) is 5.82 Å². The third kappa shape index (κ3) is 2.29. The number of ether oxygens (including phenoxy) is 1. The van der Waals surface area contributed by atoms with Gasteiger partial charge in [0.1, 0.15) is 17.9 Å². The Kier molecular flexibility index (Phi) is 3.13. The summed E-state index contributed by atoms with van der Waals surface area (Å²) in [6.45, 7) is 4.93. The van der Waals surface area contributed by atoms with E-state index in [4.69, 9.17) is 4.74 Å². The molecule has 0 atom stereocenters. The Morgan fingerprint density at radius 1 is 1.26 bits per heavy atom. The lowest BCUT2D eigenvalue weighted by Crippen LogP contribution is -2.37. The smallest absolute Gasteiger partial charge is 0.150 e. The number of aromatic nitrogens is 2. The number of hydrogen-bond acceptors (Lipinski definition) is 5. The summed E-state index contributed by atoms with van der Waals surface area (Å²) in [6, 6.07) is 5.51. The van der Waals surface area contributed by atoms with Crippen LogP contribution in [0, 0.1) is 6.92 Å². The molecule has 1 aliphatic heterocycles. The molecule has 5 heteroatoms. The van der Waals surface area contributed by atoms with Crippen LogP contribution in [0.5, 0.6) is 0 Å². The first-order valence-electron chi connectivity index (χ1n) is 6.34. The third-order valence-corrected chi connectivity index (χ3v) is 3.26. The zero-order chi connectivity index (χ0) is 13.2. The molecule has 1 aromatic heterocycles. The maximum atomic E-state index is 10.9. The number of fused-ring (bicyclic) bond motifs is 1. The first-order chi connectivity index (χ1) is 9.28. The van der Waals surface area contributed by atoms with E-state index in [9.17, 15) is 4.79 Å². The SMILES string of the molecule is Cc1nc(N2CCOCC2)c2cc(C=O)ccc2n1. The van der Waals surface area contributed by atoms with Crippen molar-refractivity contribution in [2.24, 2.45) is 0 Å². The predicted molar refractivity (Wildman–Crippen MR) is 72.7 cm³/mol. The Morgan fingerprint density at radius 3 is 2.79 bits per heavy atom. The van der Waals surface area contributed by atoms with Crippen molar-refractivity contribution in [3.8, 4) is 0 Å². The fourth-order valence-electron chi connectivity index (χ4n) is 2.33. The Labute approximate surface area is 111 Å². The van der Waals surface area contributed by atoms with E-state index >= 15 is 0 Å². The van der Waals surface area contributed by atoms with Crippen molar-refractivity contribution >= 4 is 23.0 Å². The molecule has 19 heavy (non-hydrogen) atoms. The van der Waals surface area contributed by atoms with Crippen LogP contribution in [0.2, 0.25) is 0 Å². The van der Waals surface area contributed by atoms with Crippen LogP contribution in [-0.2, 0) is 4.74 Å². The molecule has 5 nitrogen and oxygen atoms in total. The molecule has 0 spiro atoms. The van der Waals surface area contributed by atoms with Gasteiger partial charge in [-0.25, -0.2) is 9.97 Å². The average Bonchev–Trinajstić information content (AvgIpc) is 2.47. The molecule has 2 aromatic rings. The lowest BCUT2D eigenvalue weighted by atomic mass is 10.1. The summed E-state index contributed by atoms with van der Waals surface area (Å²) in [4.78, 5) is 22.1. The number of hydrogen-bond donors (Lipinski definition) is 0. The standard InChI is InChI=1S/C14H15N3O2/c1-10-15-13-3-2-11(9-18)8-12(13)14(16-10)17-4-6-19-7-5-17/h2-3,8-9H,4-7H2,1H3. The highest BCUT2D eigenvalue weighted by atomic mass is 16.5. The molecule has 0 radical (unpaired) electrons. The molecule has 98 valence electrons. The minimum absolute atomic E-state index is 0.648. The molecule has 1 saturated heterocycles. The van der Waals surface area contributed by atoms with Crippen LogP contribution >= 0.6 is 0 Å². The number of carbonyl (C=O) groups is 1. The van der Waals surface area contributed by atoms with Crippen LogP contribution in [0.15, 0.2) is 18.2 Å². The molecule has 0 amide bonds. The molecule has 0 unspecified atom stereocenters. The van der Waals surface area contributed by atoms with Gasteiger partial charge in [0.05, 0.1) is 18.7 Å². The van der Waals surface area contributed by atoms with Crippen molar-refractivity contribution in [1.82, 2.24) is 9.97 Å². The number of aldehydes is 1. The first kappa shape index (κ1) is 12.0. The van der Waals surface area contributed by atoms with Gasteiger partial charge in [-0.1, -0.05) is 0 Å². The minimum atomic E-state index is 0.648. The molecule has 0 bridgehead atoms. The van der Waals surface area contributed by atoms with E-state index in [0.717, 1.165) is 41.9 Å². The third-order valence-electron chi connectivity index (χ3n) is 3.26. The maximum absolute atomic E-state index is 10.9. The van der Waals surface area contributed by atoms with E-state index in [1.165, 1.54) is 0 Å². The predicted octanol–water partition coefficient (Wildman–Crippen LogP) is 1.59. The Hall–Kier alpha value is -2.01. The van der Waals surface area contributed by atoms with E-state index in [1.807, 2.05) is 19.1 Å². The summed E-state index contributed by atoms with van der Waals surface area (Å²) >= 11 is 0. The molecule has 0 aliphatic carbocycles. The van der Waals surface area contributed by atoms with Gasteiger partial charge < -0.3 is 9.64 Å². The summed E-state index contributed by atoms with van der Waals surface area (Å²) in [5, 5.41) is 0.928. The molecule has 1 aromatic carbocycles. The van der Waals surface area contributed by atoms with Gasteiger partial charge in [0.15, 0.2) is 0 Å². The second-order valence-corrected chi connectivity index (χ2v) is 4.59. The monoisotopic (exact) mass is 257 g/mol. The summed E-state index contributed by atoms with van der Waals surface area (Å²) in [5.41, 5.74) is 1.52. The van der Waals surface area contributed by atoms with Gasteiger partial charge >= 0.3 is 0 Å². The highest BCUT2D eigenvalue weighted by Gasteiger charge is 2.16. The highest BCUT2D eigenvalue weighted by molar-refractivity contribution is 5.93. The Morgan fingerprint density at radius 2 is 2.05 bits per heavy atom. The van der Waals surface area contributed by atoms with Gasteiger partial charge in [0.2, 0.25) is 0 Å². The van der Waals surface area contributed by atoms with Crippen molar-refractivity contribution in [3.05, 3.63) is 29.6 Å². The molecule has 3 rings (SSSR count). The van der Waals surface area contributed by atoms with E-state index in [1.54, 1.807) is 6.07 Å². The average molecular weight is 257 g/mol. The Bertz CT molecular complexity index is 621. The molecule has 0 saturated carbocycles. The number of aryl methyl sites for hydroxylation is 1. The number of benzene rings is 1. The van der Waals surface area contributed by atoms with Crippen molar-refractivity contribution < 1.29 is 9.53 Å². The van der Waals surface area contributed by atoms with E-state index in [2.05, 4.69) is 14.9 Å². The van der Waals surface area contributed by atoms with Gasteiger partial charge in [0.25, 0.3) is 0 Å². The van der Waals surface area contributed by atoms with Crippen LogP contribution in [0.25, 0.3) is 10.9 Å². The van der Waals surface area contributed by atoms with Crippen LogP contribution < -0.4 is 4.90 Å². The largest absolute Gasteiger partial charge is 0.378 e. The molecule has 1 fully saturated rings. The van der Waals surface area contributed by atoms with Crippen LogP contribution in [-0.4, -0.2) is 42.6 Å². The molecular weight excluding hydrogens is 242 g/mol. The van der Waals surface area contributed by atoms with Crippen molar-refractivity contribution in [2.75, 3.05) is 31.2 Å². The fourth-order valence-corrected chi connectivity index (χ4v) is 2.33. The summed E-state index contributed by atoms with van der Waals surface area (Å²) in [5.74, 6) is 1.64. The van der Waals surface area contributed by atoms with Gasteiger partial charge in [-0.15, -0.1) is 0 Å². The van der Waals surface area contributed by atoms with Gasteiger partial charge in [-0.3, -0.25) is 4.79 Å². The second-order valence-electron chi connectivity index (χ2n) is 4.59. The second kappa shape index (κ2) is 4.93. The van der Waals surface area contributed by atoms with Gasteiger partial charge in [0, 0.05) is 24.0 Å². The van der Waals surface area contributed by atoms with Crippen LogP contribution in [0.1, 0.15) is 16.2 Å². The number of carbonyl (C=O) groups excluding carboxylic acids is 1. The number of anilines is 1. The number of nitrogens with zero attached hydrogens (tertiary/aromatic N) is 3. The zero-order valence-corrected chi connectivity index (χ0v) is 10.8. The van der Waals surface area contributed by atoms with E-state index in [-0.39, 0.29) is 0 Å². The lowest BCUT2D eigenvalue weighted by molar-refractivity contribution is 0.112. The van der Waals surface area contributed by atoms with E-state index < -0.39 is 0 Å². The summed E-state index contributed by atoms with van der Waals surface area (Å²) in [7, 11) is 0. The number of morpholine rings is 1. The highest BCUT2D eigenvalue weighted by Crippen LogP contribution is 2.25. The Balaban J connectivity index is 2.16. The van der Waals surface area contributed by atoms with Gasteiger partial charge in [-0.05, 0) is 25.1 Å². The van der Waals surface area contributed by atoms with Crippen LogP contribution in [0.3, 0.4) is 0 Å². The molecular formula is C14H15N3O2. The lowest BCUT2D eigenvalue weighted by Gasteiger charge is -2.28. The molecule has 1 aliphatic rings. The van der Waals surface area contributed by atoms with Crippen molar-refractivity contribution in [1.29, 1.82) is 0 Å². The van der Waals surface area contributed by atoms with Gasteiger partial charge in [-0.2, -0.15) is 0 Å². The maximum Gasteiger partial charge on any atom is 0.150 e. The minimum Gasteiger partial charge on any atom is -0.378 e.